The van der Waals surface area contributed by atoms with Gasteiger partial charge in [-0.25, -0.2) is 17.2 Å². The summed E-state index contributed by atoms with van der Waals surface area (Å²) >= 11 is 6.37. The third kappa shape index (κ3) is 8.86. The third-order valence-corrected chi connectivity index (χ3v) is 10.4. The van der Waals surface area contributed by atoms with Crippen molar-refractivity contribution in [3.8, 4) is 0 Å². The van der Waals surface area contributed by atoms with Gasteiger partial charge in [0, 0.05) is 68.0 Å². The van der Waals surface area contributed by atoms with E-state index in [2.05, 4.69) is 15.5 Å². The number of carbonyl (C=O) groups excluding carboxylic acids is 3. The Morgan fingerprint density at radius 3 is 2.16 bits per heavy atom. The van der Waals surface area contributed by atoms with Crippen LogP contribution >= 0.6 is 11.6 Å². The van der Waals surface area contributed by atoms with Crippen LogP contribution in [0, 0.1) is 5.41 Å². The summed E-state index contributed by atoms with van der Waals surface area (Å²) in [7, 11) is 0.626. The van der Waals surface area contributed by atoms with Crippen LogP contribution in [0.15, 0.2) is 47.4 Å². The molecule has 4 rings (SSSR count). The van der Waals surface area contributed by atoms with Gasteiger partial charge in [-0.05, 0) is 71.6 Å². The number of alkyl halides is 2. The first-order valence-electron chi connectivity index (χ1n) is 15.0. The number of rotatable bonds is 9. The minimum Gasteiger partial charge on any atom is -0.347 e. The van der Waals surface area contributed by atoms with E-state index in [-0.39, 0.29) is 55.4 Å². The molecule has 0 bridgehead atoms. The van der Waals surface area contributed by atoms with E-state index in [1.807, 2.05) is 22.6 Å². The van der Waals surface area contributed by atoms with E-state index in [0.717, 1.165) is 11.8 Å². The second kappa shape index (κ2) is 13.4. The first-order chi connectivity index (χ1) is 20.9. The van der Waals surface area contributed by atoms with Gasteiger partial charge in [0.2, 0.25) is 17.7 Å². The summed E-state index contributed by atoms with van der Waals surface area (Å²) in [5, 5.41) is 5.51. The Labute approximate surface area is 270 Å². The minimum absolute atomic E-state index is 0.114. The van der Waals surface area contributed by atoms with Gasteiger partial charge in [-0.2, -0.15) is 0 Å². The zero-order valence-corrected chi connectivity index (χ0v) is 27.7. The molecule has 1 saturated heterocycles. The number of halogens is 3. The smallest absolute Gasteiger partial charge is 0.255 e. The fraction of sp³-hybridized carbons (Fsp3) is 0.500. The van der Waals surface area contributed by atoms with Crippen molar-refractivity contribution in [1.29, 1.82) is 0 Å². The maximum absolute atomic E-state index is 13.5. The van der Waals surface area contributed by atoms with Crippen molar-refractivity contribution in [2.75, 3.05) is 44.3 Å². The first kappa shape index (κ1) is 34.9. The number of carbonyl (C=O) groups is 3. The standard InChI is InChI=1S/C30H39B2ClF2N4O5S/c1-28(9-11-29(34,35)12-10-28)18-25(40)36-19-26(41)38-13-15-39(16-14-38)30(31,32)23-17-21(33)5-8-24(23)37-27(42)20-3-6-22(7-4-20)45(2,43)44/h3-8,17H,9-16,18-19,31-32H2,1-2H3,(H,36,40)(H,37,42). The van der Waals surface area contributed by atoms with E-state index in [1.54, 1.807) is 23.1 Å². The second-order valence-corrected chi connectivity index (χ2v) is 15.4. The largest absolute Gasteiger partial charge is 0.347 e. The van der Waals surface area contributed by atoms with E-state index < -0.39 is 32.4 Å². The van der Waals surface area contributed by atoms with E-state index in [1.165, 1.54) is 24.3 Å². The van der Waals surface area contributed by atoms with Crippen LogP contribution in [0.2, 0.25) is 5.02 Å². The van der Waals surface area contributed by atoms with Gasteiger partial charge >= 0.3 is 0 Å². The zero-order valence-electron chi connectivity index (χ0n) is 26.1. The summed E-state index contributed by atoms with van der Waals surface area (Å²) in [6.45, 7) is 3.63. The van der Waals surface area contributed by atoms with Gasteiger partial charge in [0.25, 0.3) is 5.91 Å². The Morgan fingerprint density at radius 2 is 1.58 bits per heavy atom. The molecule has 45 heavy (non-hydrogen) atoms. The normalized spacial score (nSPS) is 18.6. The van der Waals surface area contributed by atoms with E-state index in [4.69, 9.17) is 11.6 Å². The van der Waals surface area contributed by atoms with Crippen LogP contribution in [0.3, 0.4) is 0 Å². The summed E-state index contributed by atoms with van der Waals surface area (Å²) in [6, 6.07) is 10.9. The maximum atomic E-state index is 13.5. The molecule has 2 aromatic rings. The molecule has 0 unspecified atom stereocenters. The van der Waals surface area contributed by atoms with Crippen LogP contribution in [0.25, 0.3) is 0 Å². The number of hydrogen-bond acceptors (Lipinski definition) is 6. The monoisotopic (exact) mass is 662 g/mol. The minimum atomic E-state index is -3.39. The molecule has 2 fully saturated rings. The molecule has 2 aromatic carbocycles. The summed E-state index contributed by atoms with van der Waals surface area (Å²) in [5.41, 5.74) is 1.14. The second-order valence-electron chi connectivity index (χ2n) is 13.0. The summed E-state index contributed by atoms with van der Waals surface area (Å²) in [5.74, 6) is -3.58. The van der Waals surface area contributed by atoms with Gasteiger partial charge in [0.05, 0.1) is 11.4 Å². The number of benzene rings is 2. The van der Waals surface area contributed by atoms with Gasteiger partial charge in [0.15, 0.2) is 9.84 Å². The highest BCUT2D eigenvalue weighted by molar-refractivity contribution is 7.90. The van der Waals surface area contributed by atoms with Crippen molar-refractivity contribution in [3.63, 3.8) is 0 Å². The molecular formula is C30H39B2ClF2N4O5S. The molecule has 0 spiro atoms. The Hall–Kier alpha value is -2.96. The highest BCUT2D eigenvalue weighted by Crippen LogP contribution is 2.45. The average molecular weight is 663 g/mol. The molecule has 242 valence electrons. The lowest BCUT2D eigenvalue weighted by Crippen LogP contribution is -2.58. The molecule has 0 atom stereocenters. The highest BCUT2D eigenvalue weighted by atomic mass is 35.5. The maximum Gasteiger partial charge on any atom is 0.255 e. The predicted molar refractivity (Wildman–Crippen MR) is 175 cm³/mol. The summed E-state index contributed by atoms with van der Waals surface area (Å²) in [4.78, 5) is 42.5. The lowest BCUT2D eigenvalue weighted by molar-refractivity contribution is -0.135. The van der Waals surface area contributed by atoms with Crippen molar-refractivity contribution in [3.05, 3.63) is 58.6 Å². The number of hydrogen-bond donors (Lipinski definition) is 2. The van der Waals surface area contributed by atoms with E-state index in [0.29, 0.717) is 42.5 Å². The molecule has 3 amide bonds. The third-order valence-electron chi connectivity index (χ3n) is 9.07. The molecule has 15 heteroatoms. The SMILES string of the molecule is BC(B)(c1cc(Cl)ccc1NC(=O)c1ccc(S(C)(=O)=O)cc1)N1CCN(C(=O)CNC(=O)CC2(C)CCC(F)(F)CC2)CC1. The molecule has 2 aliphatic rings. The Morgan fingerprint density at radius 1 is 0.978 bits per heavy atom. The number of amides is 3. The number of piperazine rings is 1. The van der Waals surface area contributed by atoms with Crippen LogP contribution in [-0.2, 0) is 24.8 Å². The molecular weight excluding hydrogens is 623 g/mol. The van der Waals surface area contributed by atoms with Crippen LogP contribution in [-0.4, -0.2) is 96.5 Å². The molecule has 1 saturated carbocycles. The van der Waals surface area contributed by atoms with Crippen LogP contribution in [0.1, 0.15) is 54.9 Å². The van der Waals surface area contributed by atoms with Crippen LogP contribution in [0.5, 0.6) is 0 Å². The molecule has 1 heterocycles. The number of nitrogens with one attached hydrogen (secondary N) is 2. The number of nitrogens with zero attached hydrogens (tertiary/aromatic N) is 2. The zero-order chi connectivity index (χ0) is 33.2. The van der Waals surface area contributed by atoms with Crippen molar-refractivity contribution < 1.29 is 31.6 Å². The Bertz CT molecular complexity index is 1540. The van der Waals surface area contributed by atoms with Gasteiger partial charge in [0.1, 0.15) is 15.7 Å². The first-order valence-corrected chi connectivity index (χ1v) is 17.2. The van der Waals surface area contributed by atoms with Gasteiger partial charge in [-0.3, -0.25) is 14.4 Å². The summed E-state index contributed by atoms with van der Waals surface area (Å²) in [6.07, 6.45) is 1.32. The van der Waals surface area contributed by atoms with E-state index in [9.17, 15) is 31.6 Å². The molecule has 9 nitrogen and oxygen atoms in total. The lowest BCUT2D eigenvalue weighted by Gasteiger charge is -2.45. The Balaban J connectivity index is 1.34. The van der Waals surface area contributed by atoms with Crippen molar-refractivity contribution in [1.82, 2.24) is 15.1 Å². The Kier molecular flexibility index (Phi) is 10.4. The molecule has 0 radical (unpaired) electrons. The van der Waals surface area contributed by atoms with Crippen LogP contribution < -0.4 is 10.6 Å². The molecule has 1 aliphatic carbocycles. The van der Waals surface area contributed by atoms with Gasteiger partial charge in [-0.1, -0.05) is 18.5 Å². The van der Waals surface area contributed by atoms with Crippen LogP contribution in [0.4, 0.5) is 14.5 Å². The highest BCUT2D eigenvalue weighted by Gasteiger charge is 2.42. The molecule has 0 aromatic heterocycles. The topological polar surface area (TPSA) is 116 Å². The molecule has 1 aliphatic heterocycles. The number of sulfone groups is 1. The summed E-state index contributed by atoms with van der Waals surface area (Å²) < 4.78 is 50.6. The van der Waals surface area contributed by atoms with E-state index >= 15 is 0 Å². The van der Waals surface area contributed by atoms with Gasteiger partial charge in [-0.15, -0.1) is 0 Å². The quantitative estimate of drug-likeness (QED) is 0.399. The predicted octanol–water partition coefficient (Wildman–Crippen LogP) is 2.24. The fourth-order valence-corrected chi connectivity index (χ4v) is 6.80. The van der Waals surface area contributed by atoms with Crippen molar-refractivity contribution in [2.45, 2.75) is 55.2 Å². The number of anilines is 1. The molecule has 2 N–H and O–H groups in total. The lowest BCUT2D eigenvalue weighted by atomic mass is 9.56. The fourth-order valence-electron chi connectivity index (χ4n) is 6.00. The average Bonchev–Trinajstić information content (AvgIpc) is 2.98. The van der Waals surface area contributed by atoms with Gasteiger partial charge < -0.3 is 20.4 Å². The van der Waals surface area contributed by atoms with Crippen molar-refractivity contribution in [2.24, 2.45) is 5.41 Å². The van der Waals surface area contributed by atoms with Crippen molar-refractivity contribution >= 4 is 60.5 Å².